The smallest absolute Gasteiger partial charge is 0.287 e. The molecule has 1 aromatic heterocycles. The highest BCUT2D eigenvalue weighted by molar-refractivity contribution is 7.91. The second-order valence-corrected chi connectivity index (χ2v) is 11.4. The van der Waals surface area contributed by atoms with E-state index < -0.39 is 15.7 Å². The van der Waals surface area contributed by atoms with Crippen molar-refractivity contribution in [1.82, 2.24) is 10.2 Å². The third-order valence-electron chi connectivity index (χ3n) is 6.68. The average molecular weight is 525 g/mol. The van der Waals surface area contributed by atoms with Gasteiger partial charge in [0, 0.05) is 6.54 Å². The standard InChI is InChI=1S/C29H36N2O5S/c1-3-20-35-24-12-10-23(11-13-24)26(31-18-6-4-5-7-19-31)21-30-29(32)27-16-17-28(36-27)37(33,34)25-14-8-22(2)9-15-25/h8-17,26H,3-7,18-21H2,1-2H3,(H,30,32). The fraction of sp³-hybridized carbons (Fsp3) is 0.414. The summed E-state index contributed by atoms with van der Waals surface area (Å²) >= 11 is 0. The van der Waals surface area contributed by atoms with E-state index in [0.717, 1.165) is 49.2 Å². The molecule has 4 rings (SSSR count). The predicted molar refractivity (Wildman–Crippen MR) is 143 cm³/mol. The maximum absolute atomic E-state index is 13.0. The molecule has 2 heterocycles. The summed E-state index contributed by atoms with van der Waals surface area (Å²) < 4.78 is 37.1. The van der Waals surface area contributed by atoms with Gasteiger partial charge >= 0.3 is 0 Å². The Bertz CT molecular complexity index is 1260. The molecule has 0 spiro atoms. The summed E-state index contributed by atoms with van der Waals surface area (Å²) in [7, 11) is -3.84. The molecule has 1 N–H and O–H groups in total. The quantitative estimate of drug-likeness (QED) is 0.374. The van der Waals surface area contributed by atoms with Crippen LogP contribution in [-0.2, 0) is 9.84 Å². The van der Waals surface area contributed by atoms with Gasteiger partial charge < -0.3 is 14.5 Å². The van der Waals surface area contributed by atoms with E-state index in [-0.39, 0.29) is 21.8 Å². The first-order valence-corrected chi connectivity index (χ1v) is 14.5. The van der Waals surface area contributed by atoms with Crippen molar-refractivity contribution in [1.29, 1.82) is 0 Å². The largest absolute Gasteiger partial charge is 0.494 e. The molecule has 1 unspecified atom stereocenters. The SMILES string of the molecule is CCCOc1ccc(C(CNC(=O)c2ccc(S(=O)(=O)c3ccc(C)cc3)o2)N2CCCCCC2)cc1. The van der Waals surface area contributed by atoms with Gasteiger partial charge in [-0.05, 0) is 81.2 Å². The second kappa shape index (κ2) is 12.4. The Balaban J connectivity index is 1.48. The normalized spacial score (nSPS) is 15.6. The zero-order chi connectivity index (χ0) is 26.3. The van der Waals surface area contributed by atoms with E-state index in [1.165, 1.54) is 37.1 Å². The summed E-state index contributed by atoms with van der Waals surface area (Å²) in [4.78, 5) is 15.5. The molecule has 1 aliphatic heterocycles. The van der Waals surface area contributed by atoms with Crippen LogP contribution in [0.4, 0.5) is 0 Å². The molecule has 0 bridgehead atoms. The topological polar surface area (TPSA) is 88.8 Å². The molecule has 1 aliphatic rings. The number of carbonyl (C=O) groups excluding carboxylic acids is 1. The van der Waals surface area contributed by atoms with Crippen LogP contribution in [0.1, 0.15) is 66.8 Å². The monoisotopic (exact) mass is 524 g/mol. The fourth-order valence-electron chi connectivity index (χ4n) is 4.57. The minimum absolute atomic E-state index is 0.00648. The van der Waals surface area contributed by atoms with Crippen molar-refractivity contribution in [3.8, 4) is 5.75 Å². The molecule has 0 aliphatic carbocycles. The summed E-state index contributed by atoms with van der Waals surface area (Å²) in [5.41, 5.74) is 2.06. The number of aryl methyl sites for hydroxylation is 1. The van der Waals surface area contributed by atoms with Crippen molar-refractivity contribution in [2.75, 3.05) is 26.2 Å². The van der Waals surface area contributed by atoms with Crippen molar-refractivity contribution in [2.45, 2.75) is 62.0 Å². The molecule has 0 saturated carbocycles. The Morgan fingerprint density at radius 2 is 1.65 bits per heavy atom. The van der Waals surface area contributed by atoms with Gasteiger partial charge in [-0.15, -0.1) is 0 Å². The molecule has 0 radical (unpaired) electrons. The van der Waals surface area contributed by atoms with Crippen LogP contribution in [0.2, 0.25) is 0 Å². The van der Waals surface area contributed by atoms with Crippen molar-refractivity contribution in [2.24, 2.45) is 0 Å². The van der Waals surface area contributed by atoms with Gasteiger partial charge in [0.05, 0.1) is 17.5 Å². The number of nitrogens with one attached hydrogen (secondary N) is 1. The number of hydrogen-bond donors (Lipinski definition) is 1. The number of hydrogen-bond acceptors (Lipinski definition) is 6. The van der Waals surface area contributed by atoms with Gasteiger partial charge in [-0.25, -0.2) is 8.42 Å². The van der Waals surface area contributed by atoms with Crippen LogP contribution in [0.15, 0.2) is 75.1 Å². The Kier molecular flexibility index (Phi) is 9.05. The molecule has 3 aromatic rings. The summed E-state index contributed by atoms with van der Waals surface area (Å²) in [6.07, 6.45) is 5.63. The van der Waals surface area contributed by atoms with Gasteiger partial charge in [-0.3, -0.25) is 9.69 Å². The second-order valence-electron chi connectivity index (χ2n) is 9.53. The zero-order valence-electron chi connectivity index (χ0n) is 21.6. The van der Waals surface area contributed by atoms with Gasteiger partial charge in [0.15, 0.2) is 5.76 Å². The molecule has 1 atom stereocenters. The molecule has 2 aromatic carbocycles. The van der Waals surface area contributed by atoms with Crippen molar-refractivity contribution in [3.05, 3.63) is 77.6 Å². The average Bonchev–Trinajstić information content (AvgIpc) is 3.27. The fourth-order valence-corrected chi connectivity index (χ4v) is 5.74. The molecule has 1 amide bonds. The molecular formula is C29H36N2O5S. The Labute approximate surface area is 219 Å². The number of carbonyl (C=O) groups is 1. The van der Waals surface area contributed by atoms with Crippen LogP contribution in [0, 0.1) is 6.92 Å². The van der Waals surface area contributed by atoms with Crippen molar-refractivity contribution < 1.29 is 22.4 Å². The van der Waals surface area contributed by atoms with Crippen molar-refractivity contribution in [3.63, 3.8) is 0 Å². The minimum atomic E-state index is -3.84. The third kappa shape index (κ3) is 6.81. The van der Waals surface area contributed by atoms with Gasteiger partial charge in [-0.1, -0.05) is 49.6 Å². The number of furan rings is 1. The highest BCUT2D eigenvalue weighted by Crippen LogP contribution is 2.27. The number of rotatable bonds is 10. The highest BCUT2D eigenvalue weighted by atomic mass is 32.2. The van der Waals surface area contributed by atoms with E-state index in [9.17, 15) is 13.2 Å². The summed E-state index contributed by atoms with van der Waals surface area (Å²) in [6.45, 7) is 6.96. The van der Waals surface area contributed by atoms with Crippen LogP contribution in [-0.4, -0.2) is 45.5 Å². The van der Waals surface area contributed by atoms with Crippen molar-refractivity contribution >= 4 is 15.7 Å². The lowest BCUT2D eigenvalue weighted by atomic mass is 10.0. The van der Waals surface area contributed by atoms with Gasteiger partial charge in [0.2, 0.25) is 14.9 Å². The third-order valence-corrected chi connectivity index (χ3v) is 8.32. The van der Waals surface area contributed by atoms with E-state index >= 15 is 0 Å². The minimum Gasteiger partial charge on any atom is -0.494 e. The maximum atomic E-state index is 13.0. The number of sulfone groups is 1. The first kappa shape index (κ1) is 26.9. The summed E-state index contributed by atoms with van der Waals surface area (Å²) in [5, 5.41) is 2.73. The molecular weight excluding hydrogens is 488 g/mol. The molecule has 1 saturated heterocycles. The summed E-state index contributed by atoms with van der Waals surface area (Å²) in [6, 6.07) is 17.4. The molecule has 198 valence electrons. The van der Waals surface area contributed by atoms with E-state index in [1.54, 1.807) is 12.1 Å². The van der Waals surface area contributed by atoms with E-state index in [4.69, 9.17) is 9.15 Å². The molecule has 37 heavy (non-hydrogen) atoms. The number of nitrogens with zero attached hydrogens (tertiary/aromatic N) is 1. The number of amides is 1. The van der Waals surface area contributed by atoms with Gasteiger partial charge in [-0.2, -0.15) is 0 Å². The molecule has 7 nitrogen and oxygen atoms in total. The number of likely N-dealkylation sites (tertiary alicyclic amines) is 1. The summed E-state index contributed by atoms with van der Waals surface area (Å²) in [5.74, 6) is 0.374. The molecule has 8 heteroatoms. The Morgan fingerprint density at radius 3 is 2.30 bits per heavy atom. The first-order valence-electron chi connectivity index (χ1n) is 13.0. The van der Waals surface area contributed by atoms with Gasteiger partial charge in [0.1, 0.15) is 5.75 Å². The Morgan fingerprint density at radius 1 is 0.973 bits per heavy atom. The Hall–Kier alpha value is -3.10. The van der Waals surface area contributed by atoms with E-state index in [0.29, 0.717) is 13.2 Å². The van der Waals surface area contributed by atoms with E-state index in [1.807, 2.05) is 19.1 Å². The van der Waals surface area contributed by atoms with Crippen LogP contribution >= 0.6 is 0 Å². The lowest BCUT2D eigenvalue weighted by Gasteiger charge is -2.31. The lowest BCUT2D eigenvalue weighted by molar-refractivity contribution is 0.0900. The van der Waals surface area contributed by atoms with Crippen LogP contribution < -0.4 is 10.1 Å². The molecule has 1 fully saturated rings. The van der Waals surface area contributed by atoms with Crippen LogP contribution in [0.5, 0.6) is 5.75 Å². The van der Waals surface area contributed by atoms with Gasteiger partial charge in [0.25, 0.3) is 5.91 Å². The zero-order valence-corrected chi connectivity index (χ0v) is 22.4. The van der Waals surface area contributed by atoms with Crippen LogP contribution in [0.3, 0.4) is 0 Å². The van der Waals surface area contributed by atoms with E-state index in [2.05, 4.69) is 29.3 Å². The lowest BCUT2D eigenvalue weighted by Crippen LogP contribution is -2.38. The highest BCUT2D eigenvalue weighted by Gasteiger charge is 2.26. The van der Waals surface area contributed by atoms with Crippen LogP contribution in [0.25, 0.3) is 0 Å². The number of ether oxygens (including phenoxy) is 1. The first-order chi connectivity index (χ1) is 17.9. The predicted octanol–water partition coefficient (Wildman–Crippen LogP) is 5.56. The number of benzene rings is 2. The maximum Gasteiger partial charge on any atom is 0.287 e.